The molecule has 7 aromatic carbocycles. The molecule has 2 nitrogen and oxygen atoms in total. The summed E-state index contributed by atoms with van der Waals surface area (Å²) in [6.45, 7) is 0. The third kappa shape index (κ3) is 3.76. The molecule has 1 heterocycles. The first-order chi connectivity index (χ1) is 27.8. The van der Waals surface area contributed by atoms with Crippen LogP contribution >= 0.6 is 0 Å². The highest BCUT2D eigenvalue weighted by Gasteiger charge is 2.22. The van der Waals surface area contributed by atoms with Gasteiger partial charge in [0.25, 0.3) is 0 Å². The lowest BCUT2D eigenvalue weighted by molar-refractivity contribution is 1.13. The zero-order chi connectivity index (χ0) is 42.8. The topological polar surface area (TPSA) is 17.8 Å². The molecule has 0 N–H and O–H groups in total. The van der Waals surface area contributed by atoms with Crippen molar-refractivity contribution in [3.63, 3.8) is 0 Å². The van der Waals surface area contributed by atoms with Gasteiger partial charge in [0.15, 0.2) is 0 Å². The smallest absolute Gasteiger partial charge is 0.145 e. The number of aromatic nitrogens is 2. The van der Waals surface area contributed by atoms with Crippen molar-refractivity contribution in [3.05, 3.63) is 157 Å². The first kappa shape index (κ1) is 11.6. The standard InChI is InChI=1S/C39H26N2/c1-3-15-27(16-4-1)29-19-7-8-20-30(29)37-31-21-9-11-23-33(31)38(34-24-12-10-22-32(34)37)41-36-26-14-13-25-35(36)40-39(41)28-17-5-2-6-18-28/h1-26H/i1D,2D,3D,4D,5D,6D,9D,10D,11D,12D,15D,16D,17D,18D,21D,22D,23D,24D. The van der Waals surface area contributed by atoms with Crippen molar-refractivity contribution in [2.45, 2.75) is 0 Å². The van der Waals surface area contributed by atoms with Crippen molar-refractivity contribution in [2.24, 2.45) is 0 Å². The SMILES string of the molecule is [2H]c1c([2H])c([2H])c(-c2ccccc2-c2c3c([2H])c([2H])c([2H])c([2H])c3c(-n3c(-c4c([2H])c([2H])c([2H])c([2H])c4[2H])nc4ccccc43)c3c([2H])c([2H])c([2H])c([2H])c23)c([2H])c1[2H]. The van der Waals surface area contributed by atoms with Crippen LogP contribution in [0.4, 0.5) is 0 Å². The summed E-state index contributed by atoms with van der Waals surface area (Å²) >= 11 is 0. The molecule has 0 saturated carbocycles. The number of hydrogen-bond donors (Lipinski definition) is 0. The fourth-order valence-electron chi connectivity index (χ4n) is 5.18. The van der Waals surface area contributed by atoms with E-state index in [4.69, 9.17) is 19.2 Å². The highest BCUT2D eigenvalue weighted by molar-refractivity contribution is 6.20. The second-order valence-electron chi connectivity index (χ2n) is 9.03. The quantitative estimate of drug-likeness (QED) is 0.203. The molecule has 2 heteroatoms. The maximum absolute atomic E-state index is 9.45. The van der Waals surface area contributed by atoms with Gasteiger partial charge in [0.05, 0.1) is 41.4 Å². The Balaban J connectivity index is 1.72. The summed E-state index contributed by atoms with van der Waals surface area (Å²) in [6, 6.07) is 0.156. The molecule has 192 valence electrons. The second-order valence-corrected chi connectivity index (χ2v) is 9.03. The molecule has 0 atom stereocenters. The largest absolute Gasteiger partial charge is 0.291 e. The molecule has 0 radical (unpaired) electrons. The minimum atomic E-state index is -0.734. The van der Waals surface area contributed by atoms with Crippen LogP contribution in [0.1, 0.15) is 24.7 Å². The molecule has 0 bridgehead atoms. The maximum atomic E-state index is 9.45. The van der Waals surface area contributed by atoms with Gasteiger partial charge in [0.2, 0.25) is 0 Å². The van der Waals surface area contributed by atoms with Crippen LogP contribution in [-0.2, 0) is 0 Å². The van der Waals surface area contributed by atoms with Crippen LogP contribution in [0.15, 0.2) is 157 Å². The monoisotopic (exact) mass is 540 g/mol. The van der Waals surface area contributed by atoms with Gasteiger partial charge in [-0.2, -0.15) is 0 Å². The summed E-state index contributed by atoms with van der Waals surface area (Å²) in [6.07, 6.45) is 0. The summed E-state index contributed by atoms with van der Waals surface area (Å²) < 4.78 is 160. The average molecular weight is 541 g/mol. The third-order valence-electron chi connectivity index (χ3n) is 6.82. The van der Waals surface area contributed by atoms with Crippen LogP contribution < -0.4 is 0 Å². The van der Waals surface area contributed by atoms with E-state index in [1.807, 2.05) is 0 Å². The van der Waals surface area contributed by atoms with E-state index in [2.05, 4.69) is 4.98 Å². The van der Waals surface area contributed by atoms with Gasteiger partial charge in [-0.05, 0) is 45.2 Å². The summed E-state index contributed by atoms with van der Waals surface area (Å²) in [7, 11) is 0. The lowest BCUT2D eigenvalue weighted by Crippen LogP contribution is -2.01. The molecule has 8 aromatic rings. The van der Waals surface area contributed by atoms with Crippen LogP contribution in [0.2, 0.25) is 0 Å². The summed E-state index contributed by atoms with van der Waals surface area (Å²) in [5.74, 6) is -0.294. The van der Waals surface area contributed by atoms with Crippen molar-refractivity contribution in [2.75, 3.05) is 0 Å². The molecular weight excluding hydrogens is 496 g/mol. The van der Waals surface area contributed by atoms with Gasteiger partial charge in [0, 0.05) is 16.3 Å². The highest BCUT2D eigenvalue weighted by atomic mass is 15.1. The van der Waals surface area contributed by atoms with E-state index in [9.17, 15) is 5.48 Å². The number of nitrogens with zero attached hydrogens (tertiary/aromatic N) is 2. The van der Waals surface area contributed by atoms with E-state index < -0.39 is 114 Å². The van der Waals surface area contributed by atoms with Gasteiger partial charge in [0.1, 0.15) is 5.82 Å². The number of fused-ring (bicyclic) bond motifs is 3. The predicted molar refractivity (Wildman–Crippen MR) is 172 cm³/mol. The molecule has 0 amide bonds. The molecule has 0 aliphatic carbocycles. The van der Waals surface area contributed by atoms with Gasteiger partial charge >= 0.3 is 0 Å². The average Bonchev–Trinajstić information content (AvgIpc) is 3.61. The van der Waals surface area contributed by atoms with Gasteiger partial charge < -0.3 is 0 Å². The Morgan fingerprint density at radius 2 is 1.00 bits per heavy atom. The Labute approximate surface area is 264 Å². The van der Waals surface area contributed by atoms with Crippen LogP contribution in [0.25, 0.3) is 71.9 Å². The molecular formula is C39H26N2. The molecule has 0 unspecified atom stereocenters. The van der Waals surface area contributed by atoms with Gasteiger partial charge in [-0.1, -0.05) is 145 Å². The van der Waals surface area contributed by atoms with Gasteiger partial charge in [-0.15, -0.1) is 0 Å². The molecule has 1 aromatic heterocycles. The first-order valence-electron chi connectivity index (χ1n) is 21.5. The number of hydrogen-bond acceptors (Lipinski definition) is 1. The van der Waals surface area contributed by atoms with Crippen LogP contribution in [0.3, 0.4) is 0 Å². The predicted octanol–water partition coefficient (Wildman–Crippen LogP) is 10.3. The third-order valence-corrected chi connectivity index (χ3v) is 6.82. The Morgan fingerprint density at radius 1 is 0.488 bits per heavy atom. The minimum absolute atomic E-state index is 0.00368. The Kier molecular flexibility index (Phi) is 2.71. The summed E-state index contributed by atoms with van der Waals surface area (Å²) in [5, 5.41) is -1.19. The Morgan fingerprint density at radius 3 is 1.66 bits per heavy atom. The van der Waals surface area contributed by atoms with E-state index in [0.29, 0.717) is 0 Å². The van der Waals surface area contributed by atoms with Crippen molar-refractivity contribution in [1.82, 2.24) is 9.55 Å². The fourth-order valence-corrected chi connectivity index (χ4v) is 5.18. The van der Waals surface area contributed by atoms with Gasteiger partial charge in [-0.3, -0.25) is 4.57 Å². The van der Waals surface area contributed by atoms with E-state index in [-0.39, 0.29) is 66.3 Å². The first-order valence-corrected chi connectivity index (χ1v) is 12.5. The fraction of sp³-hybridized carbons (Fsp3) is 0. The highest BCUT2D eigenvalue weighted by Crippen LogP contribution is 2.45. The van der Waals surface area contributed by atoms with Crippen molar-refractivity contribution in [1.29, 1.82) is 0 Å². The Bertz CT molecular complexity index is 3070. The van der Waals surface area contributed by atoms with Crippen LogP contribution in [0.5, 0.6) is 0 Å². The van der Waals surface area contributed by atoms with Crippen LogP contribution in [0, 0.1) is 0 Å². The normalized spacial score (nSPS) is 17.6. The van der Waals surface area contributed by atoms with Gasteiger partial charge in [-0.25, -0.2) is 4.98 Å². The molecule has 0 saturated heterocycles. The molecule has 0 spiro atoms. The molecule has 0 aliphatic rings. The minimum Gasteiger partial charge on any atom is -0.291 e. The summed E-state index contributed by atoms with van der Waals surface area (Å²) in [5.41, 5.74) is -0.732. The second kappa shape index (κ2) is 9.62. The lowest BCUT2D eigenvalue weighted by atomic mass is 9.86. The molecule has 41 heavy (non-hydrogen) atoms. The van der Waals surface area contributed by atoms with Crippen molar-refractivity contribution < 1.29 is 24.7 Å². The number of imidazole rings is 1. The number of rotatable bonds is 4. The number of para-hydroxylation sites is 2. The number of benzene rings is 7. The van der Waals surface area contributed by atoms with E-state index in [1.165, 1.54) is 28.8 Å². The lowest BCUT2D eigenvalue weighted by Gasteiger charge is -2.21. The molecule has 0 aliphatic heterocycles. The van der Waals surface area contributed by atoms with E-state index in [1.54, 1.807) is 24.3 Å². The van der Waals surface area contributed by atoms with Crippen molar-refractivity contribution >= 4 is 32.6 Å². The maximum Gasteiger partial charge on any atom is 0.145 e. The van der Waals surface area contributed by atoms with Crippen LogP contribution in [-0.4, -0.2) is 9.55 Å². The zero-order valence-corrected chi connectivity index (χ0v) is 21.0. The van der Waals surface area contributed by atoms with E-state index in [0.717, 1.165) is 0 Å². The molecule has 0 fully saturated rings. The van der Waals surface area contributed by atoms with Crippen molar-refractivity contribution in [3.8, 4) is 39.3 Å². The zero-order valence-electron chi connectivity index (χ0n) is 39.0. The Hall–Kier alpha value is -5.47. The van der Waals surface area contributed by atoms with E-state index >= 15 is 0 Å². The molecule has 8 rings (SSSR count). The summed E-state index contributed by atoms with van der Waals surface area (Å²) in [4.78, 5) is 4.69.